The maximum atomic E-state index is 13.7. The highest BCUT2D eigenvalue weighted by atomic mass is 19.4. The molecule has 2 heterocycles. The number of nitrogens with one attached hydrogen (secondary N) is 4. The molecular weight excluding hydrogens is 561 g/mol. The number of halogens is 3. The van der Waals surface area contributed by atoms with Gasteiger partial charge in [0.25, 0.3) is 0 Å². The number of aromatic amines is 1. The minimum absolute atomic E-state index is 0.0468. The van der Waals surface area contributed by atoms with E-state index < -0.39 is 23.5 Å². The van der Waals surface area contributed by atoms with Crippen molar-refractivity contribution in [2.24, 2.45) is 11.5 Å². The number of hydrogen-bond donors (Lipinski definition) is 7. The summed E-state index contributed by atoms with van der Waals surface area (Å²) in [6.45, 7) is 5.10. The Balaban J connectivity index is 1.58. The molecule has 4 aromatic rings. The molecule has 0 spiro atoms. The zero-order valence-corrected chi connectivity index (χ0v) is 24.0. The van der Waals surface area contributed by atoms with Crippen molar-refractivity contribution in [3.05, 3.63) is 81.9 Å². The highest BCUT2D eigenvalue weighted by Gasteiger charge is 2.32. The maximum Gasteiger partial charge on any atom is 0.416 e. The highest BCUT2D eigenvalue weighted by Crippen LogP contribution is 2.36. The summed E-state index contributed by atoms with van der Waals surface area (Å²) in [4.78, 5) is 20.0. The van der Waals surface area contributed by atoms with Crippen molar-refractivity contribution in [2.75, 3.05) is 13.1 Å². The normalized spacial score (nSPS) is 14.0. The zero-order valence-electron chi connectivity index (χ0n) is 24.0. The lowest BCUT2D eigenvalue weighted by Crippen LogP contribution is -2.32. The van der Waals surface area contributed by atoms with Crippen molar-refractivity contribution in [3.8, 4) is 16.9 Å². The number of alkyl halides is 3. The molecule has 13 heteroatoms. The van der Waals surface area contributed by atoms with Gasteiger partial charge in [-0.05, 0) is 92.7 Å². The Labute approximate surface area is 246 Å². The van der Waals surface area contributed by atoms with Gasteiger partial charge in [-0.1, -0.05) is 12.1 Å². The summed E-state index contributed by atoms with van der Waals surface area (Å²) < 4.78 is 42.6. The van der Waals surface area contributed by atoms with Gasteiger partial charge >= 0.3 is 11.9 Å². The summed E-state index contributed by atoms with van der Waals surface area (Å²) in [5, 5.41) is 24.5. The Morgan fingerprint density at radius 3 is 2.47 bits per heavy atom. The molecule has 0 bridgehead atoms. The molecule has 0 fully saturated rings. The predicted octanol–water partition coefficient (Wildman–Crippen LogP) is 4.08. The van der Waals surface area contributed by atoms with Crippen LogP contribution in [0.5, 0.6) is 0 Å². The fraction of sp³-hybridized carbons (Fsp3) is 0.367. The van der Waals surface area contributed by atoms with Crippen molar-refractivity contribution in [2.45, 2.75) is 57.5 Å². The molecule has 230 valence electrons. The minimum Gasteiger partial charge on any atom is -0.388 e. The topological polar surface area (TPSA) is 171 Å². The second kappa shape index (κ2) is 13.4. The van der Waals surface area contributed by atoms with Gasteiger partial charge in [-0.3, -0.25) is 9.98 Å². The number of guanidine groups is 1. The lowest BCUT2D eigenvalue weighted by Gasteiger charge is -2.16. The molecule has 3 atom stereocenters. The van der Waals surface area contributed by atoms with E-state index in [0.717, 1.165) is 30.7 Å². The van der Waals surface area contributed by atoms with Crippen LogP contribution in [-0.2, 0) is 6.18 Å². The summed E-state index contributed by atoms with van der Waals surface area (Å²) in [5.41, 5.74) is 12.1. The number of nitrogens with two attached hydrogens (primary N) is 2. The van der Waals surface area contributed by atoms with Crippen LogP contribution in [0.3, 0.4) is 0 Å². The average Bonchev–Trinajstić information content (AvgIpc) is 3.37. The predicted molar refractivity (Wildman–Crippen MR) is 161 cm³/mol. The number of H-pyrrole nitrogens is 1. The molecule has 2 aromatic carbocycles. The first-order chi connectivity index (χ1) is 20.3. The van der Waals surface area contributed by atoms with Crippen molar-refractivity contribution in [1.29, 1.82) is 5.41 Å². The fourth-order valence-electron chi connectivity index (χ4n) is 4.76. The van der Waals surface area contributed by atoms with E-state index in [1.54, 1.807) is 31.3 Å². The number of aliphatic hydroxyl groups is 1. The van der Waals surface area contributed by atoms with Gasteiger partial charge in [0.1, 0.15) is 5.65 Å². The molecule has 4 rings (SSSR count). The summed E-state index contributed by atoms with van der Waals surface area (Å²) in [6, 6.07) is 12.4. The van der Waals surface area contributed by atoms with E-state index in [9.17, 15) is 23.1 Å². The number of rotatable bonds is 12. The maximum absolute atomic E-state index is 13.7. The first-order valence-corrected chi connectivity index (χ1v) is 14.0. The Kier molecular flexibility index (Phi) is 9.89. The van der Waals surface area contributed by atoms with E-state index in [4.69, 9.17) is 16.9 Å². The Bertz CT molecular complexity index is 1610. The Hall–Kier alpha value is -4.20. The lowest BCUT2D eigenvalue weighted by atomic mass is 9.96. The fourth-order valence-corrected chi connectivity index (χ4v) is 4.76. The summed E-state index contributed by atoms with van der Waals surface area (Å²) in [7, 11) is 0. The Morgan fingerprint density at radius 2 is 1.81 bits per heavy atom. The summed E-state index contributed by atoms with van der Waals surface area (Å²) in [5.74, 6) is -0.0594. The number of benzene rings is 2. The largest absolute Gasteiger partial charge is 0.416 e. The van der Waals surface area contributed by atoms with E-state index in [2.05, 4.69) is 20.6 Å². The van der Waals surface area contributed by atoms with Gasteiger partial charge in [0.2, 0.25) is 0 Å². The SMILES string of the molecule is CC(N)CC[C@@H](O)c1cc(-c2cc3cn(-c4ccc([C@H](C)NCCCNC(=N)N)cc4)c(=O)nc3[nH]2)cc(C(F)(F)F)c1. The van der Waals surface area contributed by atoms with Gasteiger partial charge in [-0.25, -0.2) is 4.79 Å². The van der Waals surface area contributed by atoms with E-state index in [0.29, 0.717) is 29.7 Å². The zero-order chi connectivity index (χ0) is 31.3. The van der Waals surface area contributed by atoms with E-state index in [1.807, 2.05) is 19.1 Å². The van der Waals surface area contributed by atoms with Crippen LogP contribution in [0.1, 0.15) is 61.9 Å². The number of nitrogens with zero attached hydrogens (tertiary/aromatic N) is 2. The molecule has 0 aliphatic rings. The third-order valence-electron chi connectivity index (χ3n) is 7.17. The van der Waals surface area contributed by atoms with Gasteiger partial charge in [0.05, 0.1) is 17.4 Å². The van der Waals surface area contributed by atoms with E-state index in [1.165, 1.54) is 10.6 Å². The first kappa shape index (κ1) is 31.7. The molecule has 0 saturated carbocycles. The van der Waals surface area contributed by atoms with Crippen molar-refractivity contribution in [3.63, 3.8) is 0 Å². The van der Waals surface area contributed by atoms with Crippen LogP contribution in [0.2, 0.25) is 0 Å². The first-order valence-electron chi connectivity index (χ1n) is 14.0. The monoisotopic (exact) mass is 598 g/mol. The van der Waals surface area contributed by atoms with E-state index >= 15 is 0 Å². The third kappa shape index (κ3) is 8.21. The molecule has 0 radical (unpaired) electrons. The number of aliphatic hydroxyl groups excluding tert-OH is 1. The highest BCUT2D eigenvalue weighted by molar-refractivity contribution is 5.83. The Morgan fingerprint density at radius 1 is 1.09 bits per heavy atom. The molecule has 9 N–H and O–H groups in total. The smallest absolute Gasteiger partial charge is 0.388 e. The number of aromatic nitrogens is 3. The van der Waals surface area contributed by atoms with Crippen LogP contribution in [0.15, 0.2) is 59.5 Å². The van der Waals surface area contributed by atoms with Gasteiger partial charge in [0.15, 0.2) is 5.96 Å². The van der Waals surface area contributed by atoms with Crippen LogP contribution in [0.25, 0.3) is 28.0 Å². The third-order valence-corrected chi connectivity index (χ3v) is 7.17. The molecule has 0 aliphatic heterocycles. The van der Waals surface area contributed by atoms with E-state index in [-0.39, 0.29) is 41.2 Å². The summed E-state index contributed by atoms with van der Waals surface area (Å²) in [6.07, 6.45) is -2.68. The van der Waals surface area contributed by atoms with Gasteiger partial charge < -0.3 is 32.2 Å². The molecule has 10 nitrogen and oxygen atoms in total. The number of hydrogen-bond acceptors (Lipinski definition) is 6. The van der Waals surface area contributed by atoms with Crippen LogP contribution in [0, 0.1) is 5.41 Å². The van der Waals surface area contributed by atoms with Crippen molar-refractivity contribution in [1.82, 2.24) is 25.2 Å². The second-order valence-corrected chi connectivity index (χ2v) is 10.8. The van der Waals surface area contributed by atoms with Crippen LogP contribution >= 0.6 is 0 Å². The molecule has 0 aliphatic carbocycles. The molecule has 0 amide bonds. The van der Waals surface area contributed by atoms with Crippen molar-refractivity contribution < 1.29 is 18.3 Å². The van der Waals surface area contributed by atoms with Crippen molar-refractivity contribution >= 4 is 17.0 Å². The summed E-state index contributed by atoms with van der Waals surface area (Å²) >= 11 is 0. The van der Waals surface area contributed by atoms with Gasteiger partial charge in [-0.15, -0.1) is 0 Å². The molecule has 1 unspecified atom stereocenters. The molecular formula is C30H37F3N8O2. The van der Waals surface area contributed by atoms with Gasteiger partial charge in [0, 0.05) is 35.9 Å². The molecule has 43 heavy (non-hydrogen) atoms. The quantitative estimate of drug-likeness (QED) is 0.0732. The standard InChI is InChI=1S/C30H37F3N8O2/c1-17(34)4-9-26(42)21-12-20(13-23(14-21)30(31,32)33)25-15-22-16-41(29(43)40-27(22)39-25)24-7-5-19(6-8-24)18(2)37-10-3-11-38-28(35)36/h5-8,12-18,26,37,42H,3-4,9-11,34H2,1-2H3,(H4,35,36,38)(H,39,40,43)/t17?,18-,26+/m0/s1. The second-order valence-electron chi connectivity index (χ2n) is 10.8. The lowest BCUT2D eigenvalue weighted by molar-refractivity contribution is -0.137. The molecule has 0 saturated heterocycles. The van der Waals surface area contributed by atoms with Crippen LogP contribution in [-0.4, -0.2) is 44.7 Å². The number of fused-ring (bicyclic) bond motifs is 1. The van der Waals surface area contributed by atoms with Gasteiger partial charge in [-0.2, -0.15) is 18.2 Å². The molecule has 2 aromatic heterocycles. The average molecular weight is 599 g/mol. The minimum atomic E-state index is -4.62. The van der Waals surface area contributed by atoms with Crippen LogP contribution < -0.4 is 27.8 Å². The van der Waals surface area contributed by atoms with Crippen LogP contribution in [0.4, 0.5) is 13.2 Å².